The van der Waals surface area contributed by atoms with Crippen molar-refractivity contribution in [3.63, 3.8) is 0 Å². The van der Waals surface area contributed by atoms with E-state index in [9.17, 15) is 19.1 Å². The number of benzene rings is 2. The highest BCUT2D eigenvalue weighted by atomic mass is 35.5. The fourth-order valence-corrected chi connectivity index (χ4v) is 4.41. The highest BCUT2D eigenvalue weighted by Crippen LogP contribution is 2.39. The highest BCUT2D eigenvalue weighted by Gasteiger charge is 2.54. The molecule has 2 saturated heterocycles. The Labute approximate surface area is 178 Å². The van der Waals surface area contributed by atoms with Crippen molar-refractivity contribution in [2.45, 2.75) is 31.2 Å². The van der Waals surface area contributed by atoms with Crippen molar-refractivity contribution >= 4 is 23.5 Å². The van der Waals surface area contributed by atoms with Gasteiger partial charge < -0.3 is 9.84 Å². The molecule has 1 atom stereocenters. The normalized spacial score (nSPS) is 21.1. The minimum atomic E-state index is -1.17. The lowest BCUT2D eigenvalue weighted by atomic mass is 9.96. The van der Waals surface area contributed by atoms with E-state index in [1.165, 1.54) is 22.6 Å². The van der Waals surface area contributed by atoms with Gasteiger partial charge in [0.05, 0.1) is 12.2 Å². The number of piperidine rings is 1. The Morgan fingerprint density at radius 1 is 1.17 bits per heavy atom. The molecule has 8 heteroatoms. The average molecular weight is 433 g/mol. The van der Waals surface area contributed by atoms with E-state index in [0.717, 1.165) is 12.6 Å². The first-order valence-corrected chi connectivity index (χ1v) is 10.2. The van der Waals surface area contributed by atoms with Crippen molar-refractivity contribution in [1.29, 1.82) is 0 Å². The van der Waals surface area contributed by atoms with E-state index in [-0.39, 0.29) is 17.2 Å². The number of likely N-dealkylation sites (tertiary alicyclic amines) is 1. The van der Waals surface area contributed by atoms with Gasteiger partial charge in [-0.2, -0.15) is 0 Å². The number of carbonyl (C=O) groups is 2. The van der Waals surface area contributed by atoms with Gasteiger partial charge in [0.2, 0.25) is 0 Å². The van der Waals surface area contributed by atoms with Gasteiger partial charge in [0, 0.05) is 37.5 Å². The summed E-state index contributed by atoms with van der Waals surface area (Å²) >= 11 is 5.80. The maximum absolute atomic E-state index is 14.4. The van der Waals surface area contributed by atoms with E-state index in [0.29, 0.717) is 25.9 Å². The summed E-state index contributed by atoms with van der Waals surface area (Å²) in [4.78, 5) is 28.5. The van der Waals surface area contributed by atoms with Crippen molar-refractivity contribution in [2.75, 3.05) is 19.7 Å². The second-order valence-corrected chi connectivity index (χ2v) is 8.11. The Bertz CT molecular complexity index is 947. The lowest BCUT2D eigenvalue weighted by Gasteiger charge is -2.44. The minimum absolute atomic E-state index is 0.116. The summed E-state index contributed by atoms with van der Waals surface area (Å²) in [5.74, 6) is -2.63. The Hall–Kier alpha value is -2.48. The van der Waals surface area contributed by atoms with Crippen LogP contribution in [0.4, 0.5) is 4.39 Å². The molecule has 0 saturated carbocycles. The molecule has 2 aromatic rings. The molecule has 2 aromatic carbocycles. The summed E-state index contributed by atoms with van der Waals surface area (Å²) in [6.07, 6.45) is 0.898. The third kappa shape index (κ3) is 3.93. The van der Waals surface area contributed by atoms with Crippen LogP contribution in [0, 0.1) is 5.82 Å². The van der Waals surface area contributed by atoms with E-state index in [1.54, 1.807) is 0 Å². The Morgan fingerprint density at radius 3 is 2.50 bits per heavy atom. The number of carboxylic acids is 1. The molecule has 0 aromatic heterocycles. The predicted octanol–water partition coefficient (Wildman–Crippen LogP) is 3.40. The van der Waals surface area contributed by atoms with Gasteiger partial charge >= 0.3 is 5.97 Å². The molecule has 2 aliphatic heterocycles. The van der Waals surface area contributed by atoms with Crippen molar-refractivity contribution in [3.8, 4) is 0 Å². The van der Waals surface area contributed by atoms with Gasteiger partial charge in [-0.1, -0.05) is 41.9 Å². The number of halogens is 2. The summed E-state index contributed by atoms with van der Waals surface area (Å²) < 4.78 is 20.3. The van der Waals surface area contributed by atoms with Crippen LogP contribution in [-0.4, -0.2) is 58.2 Å². The van der Waals surface area contributed by atoms with Gasteiger partial charge in [-0.3, -0.25) is 14.6 Å². The molecule has 4 rings (SSSR count). The fourth-order valence-electron chi connectivity index (χ4n) is 4.25. The highest BCUT2D eigenvalue weighted by molar-refractivity contribution is 6.30. The number of carboxylic acid groups (broad SMARTS) is 1. The molecule has 0 radical (unpaired) electrons. The standard InChI is InChI=1S/C22H22ClFN2O4/c23-16-6-7-17(18(24)12-16)20(27)26-19(21(28)29)14-30-22(26)8-10-25(11-9-22)13-15-4-2-1-3-5-15/h1-7,12,19H,8-11,13-14H2,(H,28,29)/t19-/m1/s1. The van der Waals surface area contributed by atoms with Crippen LogP contribution in [0.5, 0.6) is 0 Å². The molecular weight excluding hydrogens is 411 g/mol. The molecule has 0 unspecified atom stereocenters. The lowest BCUT2D eigenvalue weighted by Crippen LogP contribution is -2.58. The van der Waals surface area contributed by atoms with E-state index < -0.39 is 29.5 Å². The number of hydrogen-bond acceptors (Lipinski definition) is 4. The zero-order chi connectivity index (χ0) is 21.3. The van der Waals surface area contributed by atoms with Crippen molar-refractivity contribution < 1.29 is 23.8 Å². The van der Waals surface area contributed by atoms with Gasteiger partial charge in [0.25, 0.3) is 5.91 Å². The molecule has 1 amide bonds. The summed E-state index contributed by atoms with van der Waals surface area (Å²) in [5, 5.41) is 9.82. The van der Waals surface area contributed by atoms with Gasteiger partial charge in [-0.15, -0.1) is 0 Å². The van der Waals surface area contributed by atoms with Crippen LogP contribution < -0.4 is 0 Å². The SMILES string of the molecule is O=C(O)[C@H]1COC2(CCN(Cc3ccccc3)CC2)N1C(=O)c1ccc(Cl)cc1F. The van der Waals surface area contributed by atoms with Crippen LogP contribution in [0.2, 0.25) is 5.02 Å². The van der Waals surface area contributed by atoms with Crippen LogP contribution in [0.25, 0.3) is 0 Å². The third-order valence-electron chi connectivity index (χ3n) is 5.81. The van der Waals surface area contributed by atoms with Crippen molar-refractivity contribution in [3.05, 3.63) is 70.5 Å². The number of hydrogen-bond donors (Lipinski definition) is 1. The Balaban J connectivity index is 1.56. The number of ether oxygens (including phenoxy) is 1. The number of rotatable bonds is 4. The average Bonchev–Trinajstić information content (AvgIpc) is 3.09. The first-order valence-electron chi connectivity index (χ1n) is 9.81. The predicted molar refractivity (Wildman–Crippen MR) is 109 cm³/mol. The fraction of sp³-hybridized carbons (Fsp3) is 0.364. The lowest BCUT2D eigenvalue weighted by molar-refractivity contribution is -0.144. The van der Waals surface area contributed by atoms with Gasteiger partial charge in [0.15, 0.2) is 6.04 Å². The van der Waals surface area contributed by atoms with Crippen molar-refractivity contribution in [1.82, 2.24) is 9.80 Å². The molecule has 1 spiro atoms. The molecule has 6 nitrogen and oxygen atoms in total. The minimum Gasteiger partial charge on any atom is -0.480 e. The van der Waals surface area contributed by atoms with Crippen LogP contribution in [-0.2, 0) is 16.1 Å². The zero-order valence-corrected chi connectivity index (χ0v) is 17.0. The van der Waals surface area contributed by atoms with Crippen LogP contribution in [0.3, 0.4) is 0 Å². The van der Waals surface area contributed by atoms with Gasteiger partial charge in [-0.25, -0.2) is 9.18 Å². The molecule has 0 bridgehead atoms. The number of carbonyl (C=O) groups excluding carboxylic acids is 1. The van der Waals surface area contributed by atoms with E-state index in [2.05, 4.69) is 17.0 Å². The number of nitrogens with zero attached hydrogens (tertiary/aromatic N) is 2. The summed E-state index contributed by atoms with van der Waals surface area (Å²) in [6, 6.07) is 12.6. The molecule has 2 fully saturated rings. The first-order chi connectivity index (χ1) is 14.4. The van der Waals surface area contributed by atoms with Gasteiger partial charge in [-0.05, 0) is 23.8 Å². The molecule has 30 heavy (non-hydrogen) atoms. The molecule has 158 valence electrons. The summed E-state index contributed by atoms with van der Waals surface area (Å²) in [5.41, 5.74) is -0.0815. The maximum atomic E-state index is 14.4. The zero-order valence-electron chi connectivity index (χ0n) is 16.3. The molecule has 2 aliphatic rings. The molecule has 0 aliphatic carbocycles. The van der Waals surface area contributed by atoms with E-state index in [1.807, 2.05) is 18.2 Å². The van der Waals surface area contributed by atoms with Gasteiger partial charge in [0.1, 0.15) is 11.5 Å². The smallest absolute Gasteiger partial charge is 0.328 e. The monoisotopic (exact) mass is 432 g/mol. The molecular formula is C22H22ClFN2O4. The first kappa shape index (κ1) is 20.8. The quantitative estimate of drug-likeness (QED) is 0.801. The van der Waals surface area contributed by atoms with E-state index >= 15 is 0 Å². The maximum Gasteiger partial charge on any atom is 0.328 e. The summed E-state index contributed by atoms with van der Waals surface area (Å²) in [6.45, 7) is 1.91. The van der Waals surface area contributed by atoms with Crippen molar-refractivity contribution in [2.24, 2.45) is 0 Å². The third-order valence-corrected chi connectivity index (χ3v) is 6.05. The largest absolute Gasteiger partial charge is 0.480 e. The van der Waals surface area contributed by atoms with Crippen LogP contribution >= 0.6 is 11.6 Å². The Morgan fingerprint density at radius 2 is 1.87 bits per heavy atom. The topological polar surface area (TPSA) is 70.1 Å². The Kier molecular flexibility index (Phi) is 5.77. The second kappa shape index (κ2) is 8.34. The molecule has 2 heterocycles. The van der Waals surface area contributed by atoms with Crippen LogP contribution in [0.15, 0.2) is 48.5 Å². The van der Waals surface area contributed by atoms with E-state index in [4.69, 9.17) is 16.3 Å². The number of amides is 1. The second-order valence-electron chi connectivity index (χ2n) is 7.67. The summed E-state index contributed by atoms with van der Waals surface area (Å²) in [7, 11) is 0. The van der Waals surface area contributed by atoms with Crippen LogP contribution in [0.1, 0.15) is 28.8 Å². The number of aliphatic carboxylic acids is 1. The molecule has 1 N–H and O–H groups in total.